The Balaban J connectivity index is 0.00000156. The molecule has 0 amide bonds. The van der Waals surface area contributed by atoms with Crippen LogP contribution < -0.4 is 10.6 Å². The predicted molar refractivity (Wildman–Crippen MR) is 151 cm³/mol. The van der Waals surface area contributed by atoms with E-state index in [1.54, 1.807) is 12.1 Å². The first kappa shape index (κ1) is 26.6. The molecule has 3 aliphatic heterocycles. The van der Waals surface area contributed by atoms with Crippen LogP contribution >= 0.6 is 0 Å². The summed E-state index contributed by atoms with van der Waals surface area (Å²) in [5, 5.41) is 7.01. The van der Waals surface area contributed by atoms with Gasteiger partial charge >= 0.3 is 0 Å². The molecule has 1 aromatic heterocycles. The monoisotopic (exact) mass is 502 g/mol. The molecule has 0 saturated carbocycles. The van der Waals surface area contributed by atoms with Crippen LogP contribution in [-0.4, -0.2) is 47.4 Å². The van der Waals surface area contributed by atoms with Crippen molar-refractivity contribution in [1.82, 2.24) is 14.9 Å². The van der Waals surface area contributed by atoms with Crippen molar-refractivity contribution in [2.24, 2.45) is 10.8 Å². The molecule has 7 heteroatoms. The number of hydrogen-bond donors (Lipinski definition) is 1. The molecule has 5 rings (SSSR count). The van der Waals surface area contributed by atoms with Gasteiger partial charge in [0.05, 0.1) is 23.1 Å². The van der Waals surface area contributed by atoms with E-state index in [9.17, 15) is 4.39 Å². The van der Waals surface area contributed by atoms with Crippen LogP contribution in [0.4, 0.5) is 10.2 Å². The van der Waals surface area contributed by atoms with Crippen molar-refractivity contribution in [1.29, 1.82) is 0 Å². The molecule has 1 aromatic carbocycles. The molecule has 0 aliphatic carbocycles. The highest BCUT2D eigenvalue weighted by Gasteiger charge is 2.30. The van der Waals surface area contributed by atoms with E-state index in [-0.39, 0.29) is 11.9 Å². The van der Waals surface area contributed by atoms with Gasteiger partial charge in [0, 0.05) is 19.6 Å². The second-order valence-corrected chi connectivity index (χ2v) is 9.45. The van der Waals surface area contributed by atoms with Crippen LogP contribution in [0.2, 0.25) is 0 Å². The first-order valence-electron chi connectivity index (χ1n) is 13.4. The number of halogens is 1. The number of pyridine rings is 1. The average Bonchev–Trinajstić information content (AvgIpc) is 3.64. The summed E-state index contributed by atoms with van der Waals surface area (Å²) in [7, 11) is 1.50. The van der Waals surface area contributed by atoms with Gasteiger partial charge < -0.3 is 15.5 Å². The van der Waals surface area contributed by atoms with Crippen molar-refractivity contribution < 1.29 is 4.39 Å². The van der Waals surface area contributed by atoms with Crippen molar-refractivity contribution >= 4 is 17.4 Å². The van der Waals surface area contributed by atoms with Gasteiger partial charge in [0.15, 0.2) is 0 Å². The van der Waals surface area contributed by atoms with E-state index in [1.807, 2.05) is 23.2 Å². The maximum absolute atomic E-state index is 14.0. The summed E-state index contributed by atoms with van der Waals surface area (Å²) >= 11 is 0. The van der Waals surface area contributed by atoms with Crippen molar-refractivity contribution in [2.75, 3.05) is 31.6 Å². The molecule has 37 heavy (non-hydrogen) atoms. The number of allylic oxidation sites excluding steroid dienone is 2. The zero-order chi connectivity index (χ0) is 26.2. The van der Waals surface area contributed by atoms with Crippen LogP contribution in [-0.2, 0) is 0 Å². The van der Waals surface area contributed by atoms with Gasteiger partial charge in [-0.25, -0.2) is 14.4 Å². The Kier molecular flexibility index (Phi) is 9.12. The second-order valence-electron chi connectivity index (χ2n) is 9.45. The molecule has 2 saturated heterocycles. The molecule has 2 aromatic rings. The Morgan fingerprint density at radius 1 is 1.08 bits per heavy atom. The van der Waals surface area contributed by atoms with Crippen molar-refractivity contribution in [2.45, 2.75) is 51.5 Å². The van der Waals surface area contributed by atoms with Crippen LogP contribution in [0.25, 0.3) is 5.70 Å². The Morgan fingerprint density at radius 3 is 2.62 bits per heavy atom. The number of nitrogens with two attached hydrogens (primary N) is 1. The Morgan fingerprint density at radius 2 is 1.86 bits per heavy atom. The Labute approximate surface area is 220 Å². The topological polar surface area (TPSA) is 61.0 Å². The lowest BCUT2D eigenvalue weighted by molar-refractivity contribution is 0.385. The number of benzene rings is 1. The third-order valence-electron chi connectivity index (χ3n) is 6.96. The molecule has 2 fully saturated rings. The van der Waals surface area contributed by atoms with Gasteiger partial charge in [-0.15, -0.1) is 5.10 Å². The minimum Gasteiger partial charge on any atom is -0.357 e. The van der Waals surface area contributed by atoms with E-state index >= 15 is 0 Å². The minimum atomic E-state index is -0.195. The average molecular weight is 503 g/mol. The lowest BCUT2D eigenvalue weighted by atomic mass is 10.0. The van der Waals surface area contributed by atoms with E-state index in [0.717, 1.165) is 79.6 Å². The maximum Gasteiger partial charge on any atom is 0.150 e. The molecular formula is C30H39FN6. The number of rotatable bonds is 6. The summed E-state index contributed by atoms with van der Waals surface area (Å²) in [6, 6.07) is 13.3. The van der Waals surface area contributed by atoms with Gasteiger partial charge in [-0.1, -0.05) is 44.2 Å². The summed E-state index contributed by atoms with van der Waals surface area (Å²) in [5.74, 6) is 1.71. The molecule has 2 N–H and O–H groups in total. The van der Waals surface area contributed by atoms with E-state index < -0.39 is 0 Å². The van der Waals surface area contributed by atoms with E-state index in [2.05, 4.69) is 53.3 Å². The van der Waals surface area contributed by atoms with E-state index in [1.165, 1.54) is 26.0 Å². The molecular weight excluding hydrogens is 463 g/mol. The fraction of sp³-hybridized carbons (Fsp3) is 0.400. The highest BCUT2D eigenvalue weighted by molar-refractivity contribution is 5.95. The Bertz CT molecular complexity index is 1160. The summed E-state index contributed by atoms with van der Waals surface area (Å²) in [6.45, 7) is 9.47. The van der Waals surface area contributed by atoms with E-state index in [4.69, 9.17) is 10.1 Å². The van der Waals surface area contributed by atoms with Gasteiger partial charge in [0.2, 0.25) is 0 Å². The molecule has 1 atom stereocenters. The highest BCUT2D eigenvalue weighted by Crippen LogP contribution is 2.35. The number of anilines is 1. The summed E-state index contributed by atoms with van der Waals surface area (Å²) in [6.07, 6.45) is 12.7. The maximum atomic E-state index is 14.0. The minimum absolute atomic E-state index is 0.113. The number of nitrogens with zero attached hydrogens (tertiary/aromatic N) is 5. The lowest BCUT2D eigenvalue weighted by Crippen LogP contribution is -2.33. The predicted octanol–water partition coefficient (Wildman–Crippen LogP) is 6.07. The third kappa shape index (κ3) is 6.10. The number of hydrazone groups is 1. The van der Waals surface area contributed by atoms with Crippen LogP contribution in [0.15, 0.2) is 78.1 Å². The molecule has 3 aliphatic rings. The standard InChI is InChI=1S/C29H34FN5.CH5N/c1-3-4-13-27(25-12-8-15-28(31-25)33-18-5-6-19-33)35-22(2)16-17-29(32-35)34-20-9-14-26(34)23-10-7-11-24(30)21-23;1-2/h7-8,10-13,15-17,21,26H,2-6,9,14,18-20H2,1H3;2H2,1H3/b27-13-;. The smallest absolute Gasteiger partial charge is 0.150 e. The molecule has 6 nitrogen and oxygen atoms in total. The van der Waals surface area contributed by atoms with Crippen molar-refractivity contribution in [3.05, 3.63) is 90.0 Å². The number of unbranched alkanes of at least 4 members (excludes halogenated alkanes) is 1. The first-order valence-corrected chi connectivity index (χ1v) is 13.4. The summed E-state index contributed by atoms with van der Waals surface area (Å²) in [4.78, 5) is 9.68. The third-order valence-corrected chi connectivity index (χ3v) is 6.96. The zero-order valence-corrected chi connectivity index (χ0v) is 22.1. The number of amidine groups is 1. The van der Waals surface area contributed by atoms with Crippen LogP contribution in [0.1, 0.15) is 62.7 Å². The summed E-state index contributed by atoms with van der Waals surface area (Å²) in [5.41, 5.74) is 8.18. The lowest BCUT2D eigenvalue weighted by Gasteiger charge is -2.32. The normalized spacial score (nSPS) is 19.7. The number of aromatic nitrogens is 1. The molecule has 4 heterocycles. The van der Waals surface area contributed by atoms with Crippen LogP contribution in [0.3, 0.4) is 0 Å². The van der Waals surface area contributed by atoms with Crippen LogP contribution in [0, 0.1) is 5.82 Å². The van der Waals surface area contributed by atoms with Crippen LogP contribution in [0.5, 0.6) is 0 Å². The van der Waals surface area contributed by atoms with Gasteiger partial charge in [-0.05, 0) is 81.1 Å². The van der Waals surface area contributed by atoms with E-state index in [0.29, 0.717) is 0 Å². The fourth-order valence-corrected chi connectivity index (χ4v) is 5.17. The molecule has 196 valence electrons. The van der Waals surface area contributed by atoms with Gasteiger partial charge in [0.25, 0.3) is 0 Å². The van der Waals surface area contributed by atoms with Gasteiger partial charge in [-0.2, -0.15) is 0 Å². The molecule has 0 radical (unpaired) electrons. The quantitative estimate of drug-likeness (QED) is 0.519. The number of hydrogen-bond acceptors (Lipinski definition) is 6. The fourth-order valence-electron chi connectivity index (χ4n) is 5.17. The Hall–Kier alpha value is -3.45. The van der Waals surface area contributed by atoms with Gasteiger partial charge in [-0.3, -0.25) is 0 Å². The summed E-state index contributed by atoms with van der Waals surface area (Å²) < 4.78 is 14.0. The SMILES string of the molecule is C=C1C=CC(N2CCCC2c2cccc(F)c2)=NN1/C(=C\CCC)c1cccc(N2CCCC2)n1.CN. The zero-order valence-electron chi connectivity index (χ0n) is 22.1. The molecule has 1 unspecified atom stereocenters. The molecule has 0 spiro atoms. The van der Waals surface area contributed by atoms with Crippen molar-refractivity contribution in [3.8, 4) is 0 Å². The highest BCUT2D eigenvalue weighted by atomic mass is 19.1. The molecule has 0 bridgehead atoms. The largest absolute Gasteiger partial charge is 0.357 e. The number of likely N-dealkylation sites (tertiary alicyclic amines) is 1. The second kappa shape index (κ2) is 12.7. The van der Waals surface area contributed by atoms with Gasteiger partial charge in [0.1, 0.15) is 17.5 Å². The first-order chi connectivity index (χ1) is 18.1. The van der Waals surface area contributed by atoms with Crippen molar-refractivity contribution in [3.63, 3.8) is 0 Å².